The van der Waals surface area contributed by atoms with Crippen molar-refractivity contribution in [3.05, 3.63) is 24.3 Å². The summed E-state index contributed by atoms with van der Waals surface area (Å²) in [4.78, 5) is 11.1. The third-order valence-electron chi connectivity index (χ3n) is 2.77. The number of aromatic nitrogens is 3. The number of thioether (sulfide) groups is 1. The quantitative estimate of drug-likeness (QED) is 0.609. The average Bonchev–Trinajstić information content (AvgIpc) is 2.81. The lowest BCUT2D eigenvalue weighted by molar-refractivity contribution is -0.117. The topological polar surface area (TPSA) is 109 Å². The van der Waals surface area contributed by atoms with Crippen molar-refractivity contribution in [1.29, 1.82) is 0 Å². The first kappa shape index (κ1) is 15.2. The van der Waals surface area contributed by atoms with E-state index >= 15 is 0 Å². The maximum Gasteiger partial charge on any atom is 0.230 e. The number of benzene rings is 1. The largest absolute Gasteiger partial charge is 0.494 e. The number of carbonyl (C=O) groups is 1. The van der Waals surface area contributed by atoms with Gasteiger partial charge in [-0.2, -0.15) is 0 Å². The van der Waals surface area contributed by atoms with Crippen LogP contribution in [0.25, 0.3) is 11.4 Å². The minimum absolute atomic E-state index is 0.425. The Morgan fingerprint density at radius 3 is 2.62 bits per heavy atom. The highest BCUT2D eigenvalue weighted by Gasteiger charge is 2.17. The highest BCUT2D eigenvalue weighted by atomic mass is 32.2. The molecule has 1 atom stereocenters. The van der Waals surface area contributed by atoms with Gasteiger partial charge >= 0.3 is 0 Å². The van der Waals surface area contributed by atoms with Crippen LogP contribution in [0, 0.1) is 0 Å². The van der Waals surface area contributed by atoms with E-state index in [2.05, 4.69) is 10.2 Å². The predicted molar refractivity (Wildman–Crippen MR) is 81.3 cm³/mol. The molecule has 0 spiro atoms. The van der Waals surface area contributed by atoms with E-state index in [1.807, 2.05) is 31.2 Å². The van der Waals surface area contributed by atoms with Gasteiger partial charge in [-0.15, -0.1) is 10.2 Å². The fourth-order valence-electron chi connectivity index (χ4n) is 1.64. The van der Waals surface area contributed by atoms with E-state index in [9.17, 15) is 4.79 Å². The summed E-state index contributed by atoms with van der Waals surface area (Å²) in [6.45, 7) is 4.23. The number of nitrogens with two attached hydrogens (primary N) is 2. The molecule has 0 bridgehead atoms. The molecule has 0 aliphatic carbocycles. The minimum Gasteiger partial charge on any atom is -0.494 e. The van der Waals surface area contributed by atoms with Gasteiger partial charge in [-0.1, -0.05) is 11.8 Å². The zero-order valence-corrected chi connectivity index (χ0v) is 12.6. The molecule has 0 aliphatic heterocycles. The Morgan fingerprint density at radius 2 is 2.05 bits per heavy atom. The standard InChI is InChI=1S/C13H17N5O2S/c1-3-20-10-6-4-9(5-7-10)12-16-17-13(18(12)15)21-8(2)11(14)19/h4-8H,3,15H2,1-2H3,(H2,14,19)/t8-/m1/s1. The number of carbonyl (C=O) groups excluding carboxylic acids is 1. The van der Waals surface area contributed by atoms with Gasteiger partial charge in [0.2, 0.25) is 11.1 Å². The van der Waals surface area contributed by atoms with Crippen LogP contribution in [0.1, 0.15) is 13.8 Å². The average molecular weight is 307 g/mol. The van der Waals surface area contributed by atoms with Gasteiger partial charge in [0.1, 0.15) is 5.75 Å². The zero-order valence-electron chi connectivity index (χ0n) is 11.8. The van der Waals surface area contributed by atoms with Crippen LogP contribution in [0.4, 0.5) is 0 Å². The smallest absolute Gasteiger partial charge is 0.230 e. The molecule has 0 saturated carbocycles. The summed E-state index contributed by atoms with van der Waals surface area (Å²) in [6, 6.07) is 7.38. The van der Waals surface area contributed by atoms with Gasteiger partial charge < -0.3 is 16.3 Å². The molecular formula is C13H17N5O2S. The second kappa shape index (κ2) is 6.49. The number of hydrogen-bond acceptors (Lipinski definition) is 6. The molecular weight excluding hydrogens is 290 g/mol. The van der Waals surface area contributed by atoms with Crippen LogP contribution < -0.4 is 16.3 Å². The van der Waals surface area contributed by atoms with Gasteiger partial charge in [0.25, 0.3) is 0 Å². The van der Waals surface area contributed by atoms with Crippen molar-refractivity contribution >= 4 is 17.7 Å². The Labute approximate surface area is 126 Å². The van der Waals surface area contributed by atoms with Gasteiger partial charge in [0.05, 0.1) is 11.9 Å². The van der Waals surface area contributed by atoms with E-state index in [4.69, 9.17) is 16.3 Å². The van der Waals surface area contributed by atoms with Crippen molar-refractivity contribution in [1.82, 2.24) is 14.9 Å². The summed E-state index contributed by atoms with van der Waals surface area (Å²) in [5.74, 6) is 6.83. The molecule has 1 heterocycles. The van der Waals surface area contributed by atoms with Crippen LogP contribution in [0.3, 0.4) is 0 Å². The lowest BCUT2D eigenvalue weighted by Gasteiger charge is -2.07. The number of nitrogen functional groups attached to an aromatic ring is 1. The Morgan fingerprint density at radius 1 is 1.38 bits per heavy atom. The van der Waals surface area contributed by atoms with E-state index in [0.29, 0.717) is 17.6 Å². The third kappa shape index (κ3) is 3.46. The Balaban J connectivity index is 2.21. The second-order valence-electron chi connectivity index (χ2n) is 4.30. The highest BCUT2D eigenvalue weighted by molar-refractivity contribution is 8.00. The van der Waals surface area contributed by atoms with Crippen LogP contribution in [0.2, 0.25) is 0 Å². The number of rotatable bonds is 6. The van der Waals surface area contributed by atoms with E-state index in [0.717, 1.165) is 11.3 Å². The molecule has 0 aliphatic rings. The van der Waals surface area contributed by atoms with Gasteiger partial charge in [-0.25, -0.2) is 4.68 Å². The maximum absolute atomic E-state index is 11.1. The normalized spacial score (nSPS) is 12.1. The summed E-state index contributed by atoms with van der Waals surface area (Å²) in [5.41, 5.74) is 6.04. The first-order valence-corrected chi connectivity index (χ1v) is 7.30. The molecule has 1 aromatic carbocycles. The number of primary amides is 1. The van der Waals surface area contributed by atoms with E-state index in [1.54, 1.807) is 6.92 Å². The highest BCUT2D eigenvalue weighted by Crippen LogP contribution is 2.25. The molecule has 0 fully saturated rings. The number of amides is 1. The lowest BCUT2D eigenvalue weighted by Crippen LogP contribution is -2.23. The molecule has 2 rings (SSSR count). The Bertz CT molecular complexity index is 626. The summed E-state index contributed by atoms with van der Waals surface area (Å²) in [7, 11) is 0. The van der Waals surface area contributed by atoms with E-state index in [1.165, 1.54) is 16.4 Å². The molecule has 8 heteroatoms. The predicted octanol–water partition coefficient (Wildman–Crippen LogP) is 1.02. The van der Waals surface area contributed by atoms with Crippen molar-refractivity contribution in [3.8, 4) is 17.1 Å². The molecule has 7 nitrogen and oxygen atoms in total. The molecule has 0 saturated heterocycles. The van der Waals surface area contributed by atoms with Crippen molar-refractivity contribution in [2.75, 3.05) is 12.4 Å². The van der Waals surface area contributed by atoms with Crippen LogP contribution in [0.15, 0.2) is 29.4 Å². The zero-order chi connectivity index (χ0) is 15.4. The van der Waals surface area contributed by atoms with Gasteiger partial charge in [0, 0.05) is 5.56 Å². The lowest BCUT2D eigenvalue weighted by atomic mass is 10.2. The van der Waals surface area contributed by atoms with Crippen LogP contribution in [0.5, 0.6) is 5.75 Å². The van der Waals surface area contributed by atoms with Gasteiger partial charge in [0.15, 0.2) is 5.82 Å². The first-order valence-electron chi connectivity index (χ1n) is 6.42. The van der Waals surface area contributed by atoms with Crippen molar-refractivity contribution in [2.24, 2.45) is 5.73 Å². The van der Waals surface area contributed by atoms with Gasteiger partial charge in [-0.05, 0) is 38.1 Å². The van der Waals surface area contributed by atoms with Crippen LogP contribution in [-0.4, -0.2) is 32.6 Å². The van der Waals surface area contributed by atoms with Gasteiger partial charge in [-0.3, -0.25) is 4.79 Å². The number of hydrogen-bond donors (Lipinski definition) is 2. The minimum atomic E-state index is -0.426. The first-order chi connectivity index (χ1) is 10.0. The summed E-state index contributed by atoms with van der Waals surface area (Å²) in [6.07, 6.45) is 0. The maximum atomic E-state index is 11.1. The molecule has 112 valence electrons. The number of nitrogens with zero attached hydrogens (tertiary/aromatic N) is 3. The SMILES string of the molecule is CCOc1ccc(-c2nnc(S[C@H](C)C(N)=O)n2N)cc1. The molecule has 0 radical (unpaired) electrons. The van der Waals surface area contributed by atoms with Crippen molar-refractivity contribution in [3.63, 3.8) is 0 Å². The third-order valence-corrected chi connectivity index (χ3v) is 3.85. The fraction of sp³-hybridized carbons (Fsp3) is 0.308. The fourth-order valence-corrected chi connectivity index (χ4v) is 2.36. The Kier molecular flexibility index (Phi) is 4.69. The summed E-state index contributed by atoms with van der Waals surface area (Å²) < 4.78 is 6.73. The van der Waals surface area contributed by atoms with Crippen LogP contribution in [-0.2, 0) is 4.79 Å². The molecule has 0 unspecified atom stereocenters. The van der Waals surface area contributed by atoms with E-state index in [-0.39, 0.29) is 0 Å². The van der Waals surface area contributed by atoms with Crippen LogP contribution >= 0.6 is 11.8 Å². The molecule has 2 aromatic rings. The molecule has 4 N–H and O–H groups in total. The van der Waals surface area contributed by atoms with E-state index < -0.39 is 11.2 Å². The Hall–Kier alpha value is -2.22. The number of ether oxygens (including phenoxy) is 1. The summed E-state index contributed by atoms with van der Waals surface area (Å²) in [5, 5.41) is 8.04. The second-order valence-corrected chi connectivity index (χ2v) is 5.60. The molecule has 21 heavy (non-hydrogen) atoms. The summed E-state index contributed by atoms with van der Waals surface area (Å²) >= 11 is 1.17. The molecule has 1 aromatic heterocycles. The monoisotopic (exact) mass is 307 g/mol. The molecule has 1 amide bonds. The van der Waals surface area contributed by atoms with Crippen molar-refractivity contribution < 1.29 is 9.53 Å². The van der Waals surface area contributed by atoms with Crippen molar-refractivity contribution in [2.45, 2.75) is 24.3 Å².